The maximum Gasteiger partial charge on any atom is 0.255 e. The first kappa shape index (κ1) is 26.4. The van der Waals surface area contributed by atoms with Crippen LogP contribution in [0.5, 0.6) is 0 Å². The number of aliphatic hydroxyl groups is 1. The third-order valence-electron chi connectivity index (χ3n) is 7.21. The van der Waals surface area contributed by atoms with Crippen molar-refractivity contribution in [2.24, 2.45) is 0 Å². The number of amides is 2. The molecule has 0 spiro atoms. The SMILES string of the molecule is CC(CC(=O)N1CCC(O)(Cn2cc(C(=O)N(C)C)c(-c3ccccc3)cc2=O)CC1)c1ccccc1. The largest absolute Gasteiger partial charge is 0.388 e. The van der Waals surface area contributed by atoms with Gasteiger partial charge in [0.05, 0.1) is 17.7 Å². The third kappa shape index (κ3) is 6.17. The number of piperidine rings is 1. The van der Waals surface area contributed by atoms with Crippen LogP contribution >= 0.6 is 0 Å². The first-order valence-corrected chi connectivity index (χ1v) is 12.7. The fourth-order valence-corrected chi connectivity index (χ4v) is 4.90. The monoisotopic (exact) mass is 501 g/mol. The summed E-state index contributed by atoms with van der Waals surface area (Å²) < 4.78 is 1.43. The first-order valence-electron chi connectivity index (χ1n) is 12.7. The van der Waals surface area contributed by atoms with Crippen LogP contribution in [-0.4, -0.2) is 64.1 Å². The van der Waals surface area contributed by atoms with E-state index in [9.17, 15) is 19.5 Å². The average molecular weight is 502 g/mol. The van der Waals surface area contributed by atoms with Gasteiger partial charge in [-0.3, -0.25) is 14.4 Å². The van der Waals surface area contributed by atoms with Gasteiger partial charge in [-0.2, -0.15) is 0 Å². The Kier molecular flexibility index (Phi) is 7.93. The highest BCUT2D eigenvalue weighted by Crippen LogP contribution is 2.28. The van der Waals surface area contributed by atoms with Gasteiger partial charge in [-0.15, -0.1) is 0 Å². The minimum Gasteiger partial charge on any atom is -0.388 e. The minimum absolute atomic E-state index is 0.0665. The van der Waals surface area contributed by atoms with Crippen LogP contribution in [0.4, 0.5) is 0 Å². The predicted octanol–water partition coefficient (Wildman–Crippen LogP) is 3.76. The smallest absolute Gasteiger partial charge is 0.255 e. The zero-order chi connectivity index (χ0) is 26.6. The van der Waals surface area contributed by atoms with Gasteiger partial charge in [-0.1, -0.05) is 67.6 Å². The molecule has 1 aromatic heterocycles. The topological polar surface area (TPSA) is 82.8 Å². The van der Waals surface area contributed by atoms with Crippen molar-refractivity contribution in [2.75, 3.05) is 27.2 Å². The van der Waals surface area contributed by atoms with E-state index in [4.69, 9.17) is 0 Å². The number of nitrogens with zero attached hydrogens (tertiary/aromatic N) is 3. The molecule has 1 unspecified atom stereocenters. The number of hydrogen-bond acceptors (Lipinski definition) is 4. The molecule has 1 N–H and O–H groups in total. The Morgan fingerprint density at radius 3 is 2.19 bits per heavy atom. The van der Waals surface area contributed by atoms with Gasteiger partial charge in [0.1, 0.15) is 0 Å². The van der Waals surface area contributed by atoms with Crippen molar-refractivity contribution in [3.05, 3.63) is 94.4 Å². The quantitative estimate of drug-likeness (QED) is 0.534. The summed E-state index contributed by atoms with van der Waals surface area (Å²) in [5.74, 6) is -0.0296. The van der Waals surface area contributed by atoms with Crippen molar-refractivity contribution in [3.8, 4) is 11.1 Å². The normalized spacial score (nSPS) is 15.7. The highest BCUT2D eigenvalue weighted by molar-refractivity contribution is 6.00. The Balaban J connectivity index is 1.48. The standard InChI is InChI=1S/C30H35N3O4/c1-22(23-10-6-4-7-11-23)18-27(34)32-16-14-30(37,15-17-32)21-33-20-26(29(36)31(2)3)25(19-28(33)35)24-12-8-5-9-13-24/h4-13,19-20,22,37H,14-18,21H2,1-3H3. The van der Waals surface area contributed by atoms with Gasteiger partial charge < -0.3 is 19.5 Å². The minimum atomic E-state index is -1.14. The summed E-state index contributed by atoms with van der Waals surface area (Å²) in [5.41, 5.74) is 1.47. The van der Waals surface area contributed by atoms with Crippen molar-refractivity contribution >= 4 is 11.8 Å². The lowest BCUT2D eigenvalue weighted by Gasteiger charge is -2.39. The van der Waals surface area contributed by atoms with Gasteiger partial charge in [-0.05, 0) is 29.9 Å². The van der Waals surface area contributed by atoms with Crippen molar-refractivity contribution in [3.63, 3.8) is 0 Å². The second kappa shape index (κ2) is 11.1. The molecule has 1 atom stereocenters. The van der Waals surface area contributed by atoms with Crippen LogP contribution in [0.2, 0.25) is 0 Å². The number of likely N-dealkylation sites (tertiary alicyclic amines) is 1. The van der Waals surface area contributed by atoms with E-state index in [-0.39, 0.29) is 29.8 Å². The number of pyridine rings is 1. The van der Waals surface area contributed by atoms with E-state index in [1.807, 2.05) is 67.6 Å². The highest BCUT2D eigenvalue weighted by Gasteiger charge is 2.35. The fraction of sp³-hybridized carbons (Fsp3) is 0.367. The van der Waals surface area contributed by atoms with Crippen molar-refractivity contribution in [1.82, 2.24) is 14.4 Å². The predicted molar refractivity (Wildman–Crippen MR) is 144 cm³/mol. The fourth-order valence-electron chi connectivity index (χ4n) is 4.90. The molecule has 2 heterocycles. The van der Waals surface area contributed by atoms with Gasteiger partial charge in [-0.25, -0.2) is 0 Å². The number of carbonyl (C=O) groups is 2. The Labute approximate surface area is 218 Å². The van der Waals surface area contributed by atoms with E-state index in [1.54, 1.807) is 25.2 Å². The lowest BCUT2D eigenvalue weighted by atomic mass is 9.90. The Hall–Kier alpha value is -3.71. The van der Waals surface area contributed by atoms with Crippen LogP contribution in [0.3, 0.4) is 0 Å². The summed E-state index contributed by atoms with van der Waals surface area (Å²) in [6.45, 7) is 2.97. The second-order valence-corrected chi connectivity index (χ2v) is 10.3. The van der Waals surface area contributed by atoms with Crippen LogP contribution in [0.25, 0.3) is 11.1 Å². The molecule has 0 radical (unpaired) electrons. The van der Waals surface area contributed by atoms with E-state index in [1.165, 1.54) is 15.5 Å². The molecular formula is C30H35N3O4. The summed E-state index contributed by atoms with van der Waals surface area (Å²) in [6.07, 6.45) is 2.70. The lowest BCUT2D eigenvalue weighted by Crippen LogP contribution is -2.49. The number of rotatable bonds is 7. The lowest BCUT2D eigenvalue weighted by molar-refractivity contribution is -0.136. The zero-order valence-electron chi connectivity index (χ0n) is 21.8. The van der Waals surface area contributed by atoms with Crippen molar-refractivity contribution in [1.29, 1.82) is 0 Å². The third-order valence-corrected chi connectivity index (χ3v) is 7.21. The van der Waals surface area contributed by atoms with Crippen LogP contribution in [0, 0.1) is 0 Å². The molecule has 194 valence electrons. The van der Waals surface area contributed by atoms with Crippen molar-refractivity contribution < 1.29 is 14.7 Å². The van der Waals surface area contributed by atoms with Crippen LogP contribution in [-0.2, 0) is 11.3 Å². The maximum absolute atomic E-state index is 13.1. The molecular weight excluding hydrogens is 466 g/mol. The second-order valence-electron chi connectivity index (χ2n) is 10.3. The molecule has 37 heavy (non-hydrogen) atoms. The van der Waals surface area contributed by atoms with Gasteiger partial charge >= 0.3 is 0 Å². The molecule has 2 amide bonds. The number of carbonyl (C=O) groups excluding carboxylic acids is 2. The first-order chi connectivity index (χ1) is 17.7. The van der Waals surface area contributed by atoms with Gasteiger partial charge in [0.2, 0.25) is 5.91 Å². The van der Waals surface area contributed by atoms with Crippen molar-refractivity contribution in [2.45, 2.75) is 44.2 Å². The molecule has 7 heteroatoms. The van der Waals surface area contributed by atoms with Crippen LogP contribution in [0.15, 0.2) is 77.7 Å². The van der Waals surface area contributed by atoms with Gasteiger partial charge in [0.15, 0.2) is 0 Å². The molecule has 4 rings (SSSR count). The summed E-state index contributed by atoms with van der Waals surface area (Å²) in [7, 11) is 3.34. The molecule has 1 aliphatic rings. The number of benzene rings is 2. The molecule has 1 aliphatic heterocycles. The average Bonchev–Trinajstić information content (AvgIpc) is 2.90. The molecule has 3 aromatic rings. The summed E-state index contributed by atoms with van der Waals surface area (Å²) in [6, 6.07) is 20.8. The summed E-state index contributed by atoms with van der Waals surface area (Å²) >= 11 is 0. The van der Waals surface area contributed by atoms with Gasteiger partial charge in [0.25, 0.3) is 11.5 Å². The highest BCUT2D eigenvalue weighted by atomic mass is 16.3. The molecule has 2 aromatic carbocycles. The number of aromatic nitrogens is 1. The van der Waals surface area contributed by atoms with E-state index in [0.717, 1.165) is 11.1 Å². The Morgan fingerprint density at radius 1 is 1.00 bits per heavy atom. The summed E-state index contributed by atoms with van der Waals surface area (Å²) in [5, 5.41) is 11.3. The molecule has 1 saturated heterocycles. The molecule has 7 nitrogen and oxygen atoms in total. The van der Waals surface area contributed by atoms with Crippen LogP contribution < -0.4 is 5.56 Å². The van der Waals surface area contributed by atoms with E-state index >= 15 is 0 Å². The molecule has 1 fully saturated rings. The van der Waals surface area contributed by atoms with E-state index in [0.29, 0.717) is 43.5 Å². The van der Waals surface area contributed by atoms with Crippen LogP contribution in [0.1, 0.15) is 48.0 Å². The molecule has 0 bridgehead atoms. The summed E-state index contributed by atoms with van der Waals surface area (Å²) in [4.78, 5) is 42.2. The molecule has 0 aliphatic carbocycles. The molecule has 0 saturated carbocycles. The zero-order valence-corrected chi connectivity index (χ0v) is 21.8. The van der Waals surface area contributed by atoms with E-state index < -0.39 is 5.60 Å². The Morgan fingerprint density at radius 2 is 1.59 bits per heavy atom. The maximum atomic E-state index is 13.1. The Bertz CT molecular complexity index is 1290. The van der Waals surface area contributed by atoms with Gasteiger partial charge in [0, 0.05) is 51.4 Å². The number of hydrogen-bond donors (Lipinski definition) is 1. The van der Waals surface area contributed by atoms with E-state index in [2.05, 4.69) is 0 Å².